The smallest absolute Gasteiger partial charge is 0.204 e. The number of aromatic nitrogens is 2. The number of anilines is 2. The summed E-state index contributed by atoms with van der Waals surface area (Å²) in [5, 5.41) is 2.89. The first-order valence-corrected chi connectivity index (χ1v) is 4.77. The van der Waals surface area contributed by atoms with E-state index in [1.807, 2.05) is 6.92 Å². The van der Waals surface area contributed by atoms with Crippen LogP contribution >= 0.6 is 11.6 Å². The molecule has 1 aromatic carbocycles. The first-order valence-electron chi connectivity index (χ1n) is 4.39. The summed E-state index contributed by atoms with van der Waals surface area (Å²) >= 11 is 5.64. The summed E-state index contributed by atoms with van der Waals surface area (Å²) in [6, 6.07) is 4.76. The molecule has 0 saturated carbocycles. The average Bonchev–Trinajstić information content (AvgIpc) is 2.59. The molecule has 15 heavy (non-hydrogen) atoms. The summed E-state index contributed by atoms with van der Waals surface area (Å²) in [6.45, 7) is 1.87. The van der Waals surface area contributed by atoms with Gasteiger partial charge in [0.25, 0.3) is 0 Å². The second-order valence-corrected chi connectivity index (χ2v) is 3.55. The topological polar surface area (TPSA) is 40.7 Å². The van der Waals surface area contributed by atoms with E-state index in [0.29, 0.717) is 11.6 Å². The highest BCUT2D eigenvalue weighted by atomic mass is 35.5. The van der Waals surface area contributed by atoms with Crippen LogP contribution in [0.4, 0.5) is 16.0 Å². The SMILES string of the molecule is Cc1cnc(Nc2cccc(Cl)c2F)[nH]1. The lowest BCUT2D eigenvalue weighted by Gasteiger charge is -2.04. The van der Waals surface area contributed by atoms with Crippen molar-refractivity contribution in [3.8, 4) is 0 Å². The van der Waals surface area contributed by atoms with Crippen molar-refractivity contribution < 1.29 is 4.39 Å². The molecule has 1 heterocycles. The van der Waals surface area contributed by atoms with Crippen LogP contribution in [-0.2, 0) is 0 Å². The van der Waals surface area contributed by atoms with E-state index in [9.17, 15) is 4.39 Å². The zero-order valence-electron chi connectivity index (χ0n) is 8.01. The number of imidazole rings is 1. The predicted molar refractivity (Wildman–Crippen MR) is 58.0 cm³/mol. The molecule has 0 bridgehead atoms. The fourth-order valence-electron chi connectivity index (χ4n) is 1.20. The molecule has 1 aromatic heterocycles. The molecule has 0 spiro atoms. The first kappa shape index (κ1) is 9.98. The van der Waals surface area contributed by atoms with Crippen molar-refractivity contribution in [3.05, 3.63) is 40.9 Å². The van der Waals surface area contributed by atoms with Crippen LogP contribution in [0.1, 0.15) is 5.69 Å². The molecular weight excluding hydrogens is 217 g/mol. The van der Waals surface area contributed by atoms with Gasteiger partial charge >= 0.3 is 0 Å². The van der Waals surface area contributed by atoms with Gasteiger partial charge in [0.2, 0.25) is 5.95 Å². The van der Waals surface area contributed by atoms with Crippen molar-refractivity contribution in [2.45, 2.75) is 6.92 Å². The van der Waals surface area contributed by atoms with E-state index >= 15 is 0 Å². The Balaban J connectivity index is 2.28. The predicted octanol–water partition coefficient (Wildman–Crippen LogP) is 3.25. The number of benzene rings is 1. The molecule has 0 aliphatic rings. The standard InChI is InChI=1S/C10H9ClFN3/c1-6-5-13-10(14-6)15-8-4-2-3-7(11)9(8)12/h2-5H,1H3,(H2,13,14,15). The molecule has 0 amide bonds. The minimum absolute atomic E-state index is 0.0864. The number of aromatic amines is 1. The number of H-pyrrole nitrogens is 1. The molecule has 2 N–H and O–H groups in total. The third-order valence-electron chi connectivity index (χ3n) is 1.91. The van der Waals surface area contributed by atoms with Gasteiger partial charge in [0.1, 0.15) is 0 Å². The highest BCUT2D eigenvalue weighted by molar-refractivity contribution is 6.31. The van der Waals surface area contributed by atoms with Gasteiger partial charge < -0.3 is 10.3 Å². The van der Waals surface area contributed by atoms with Crippen molar-refractivity contribution in [1.29, 1.82) is 0 Å². The summed E-state index contributed by atoms with van der Waals surface area (Å²) in [5.41, 5.74) is 1.21. The summed E-state index contributed by atoms with van der Waals surface area (Å²) in [4.78, 5) is 6.94. The molecule has 5 heteroatoms. The number of aryl methyl sites for hydroxylation is 1. The van der Waals surface area contributed by atoms with Crippen LogP contribution in [0, 0.1) is 12.7 Å². The highest BCUT2D eigenvalue weighted by Crippen LogP contribution is 2.23. The summed E-state index contributed by atoms with van der Waals surface area (Å²) in [6.07, 6.45) is 1.66. The Kier molecular flexibility index (Phi) is 2.60. The monoisotopic (exact) mass is 225 g/mol. The van der Waals surface area contributed by atoms with Gasteiger partial charge in [0.05, 0.1) is 10.7 Å². The largest absolute Gasteiger partial charge is 0.328 e. The van der Waals surface area contributed by atoms with Crippen molar-refractivity contribution in [2.75, 3.05) is 5.32 Å². The van der Waals surface area contributed by atoms with Gasteiger partial charge in [-0.2, -0.15) is 0 Å². The molecule has 0 unspecified atom stereocenters. The quantitative estimate of drug-likeness (QED) is 0.824. The van der Waals surface area contributed by atoms with E-state index in [1.165, 1.54) is 6.07 Å². The minimum atomic E-state index is -0.479. The van der Waals surface area contributed by atoms with Crippen LogP contribution in [0.5, 0.6) is 0 Å². The lowest BCUT2D eigenvalue weighted by molar-refractivity contribution is 0.632. The summed E-state index contributed by atoms with van der Waals surface area (Å²) in [7, 11) is 0. The Labute approximate surface area is 91.3 Å². The Bertz CT molecular complexity index is 481. The van der Waals surface area contributed by atoms with Gasteiger partial charge in [0.15, 0.2) is 5.82 Å². The van der Waals surface area contributed by atoms with Crippen molar-refractivity contribution in [3.63, 3.8) is 0 Å². The van der Waals surface area contributed by atoms with Crippen LogP contribution in [-0.4, -0.2) is 9.97 Å². The van der Waals surface area contributed by atoms with Gasteiger partial charge in [-0.05, 0) is 19.1 Å². The van der Waals surface area contributed by atoms with Gasteiger partial charge in [-0.15, -0.1) is 0 Å². The van der Waals surface area contributed by atoms with E-state index in [-0.39, 0.29) is 5.02 Å². The number of halogens is 2. The van der Waals surface area contributed by atoms with E-state index < -0.39 is 5.82 Å². The molecule has 0 radical (unpaired) electrons. The number of nitrogens with one attached hydrogen (secondary N) is 2. The lowest BCUT2D eigenvalue weighted by atomic mass is 10.3. The number of hydrogen-bond donors (Lipinski definition) is 2. The third kappa shape index (κ3) is 2.10. The van der Waals surface area contributed by atoms with Gasteiger partial charge in [-0.25, -0.2) is 9.37 Å². The molecule has 0 aliphatic heterocycles. The molecule has 78 valence electrons. The maximum Gasteiger partial charge on any atom is 0.204 e. The molecule has 0 saturated heterocycles. The Morgan fingerprint density at radius 2 is 2.27 bits per heavy atom. The van der Waals surface area contributed by atoms with E-state index in [2.05, 4.69) is 15.3 Å². The van der Waals surface area contributed by atoms with Gasteiger partial charge in [-0.1, -0.05) is 17.7 Å². The zero-order chi connectivity index (χ0) is 10.8. The van der Waals surface area contributed by atoms with Crippen LogP contribution in [0.2, 0.25) is 5.02 Å². The Hall–Kier alpha value is -1.55. The molecular formula is C10H9ClFN3. The fourth-order valence-corrected chi connectivity index (χ4v) is 1.38. The zero-order valence-corrected chi connectivity index (χ0v) is 8.77. The molecule has 0 fully saturated rings. The minimum Gasteiger partial charge on any atom is -0.328 e. The second-order valence-electron chi connectivity index (χ2n) is 3.14. The molecule has 3 nitrogen and oxygen atoms in total. The van der Waals surface area contributed by atoms with Crippen molar-refractivity contribution >= 4 is 23.2 Å². The van der Waals surface area contributed by atoms with Crippen LogP contribution in [0.25, 0.3) is 0 Å². The fraction of sp³-hybridized carbons (Fsp3) is 0.100. The van der Waals surface area contributed by atoms with Crippen molar-refractivity contribution in [1.82, 2.24) is 9.97 Å². The molecule has 0 atom stereocenters. The van der Waals surface area contributed by atoms with Crippen LogP contribution < -0.4 is 5.32 Å². The highest BCUT2D eigenvalue weighted by Gasteiger charge is 2.07. The number of hydrogen-bond acceptors (Lipinski definition) is 2. The van der Waals surface area contributed by atoms with E-state index in [4.69, 9.17) is 11.6 Å². The summed E-state index contributed by atoms with van der Waals surface area (Å²) in [5.74, 6) is 0.0156. The lowest BCUT2D eigenvalue weighted by Crippen LogP contribution is -1.95. The molecule has 0 aliphatic carbocycles. The van der Waals surface area contributed by atoms with Crippen LogP contribution in [0.3, 0.4) is 0 Å². The molecule has 2 aromatic rings. The first-order chi connectivity index (χ1) is 7.16. The maximum absolute atomic E-state index is 13.5. The van der Waals surface area contributed by atoms with Gasteiger partial charge in [-0.3, -0.25) is 0 Å². The Morgan fingerprint density at radius 3 is 2.93 bits per heavy atom. The maximum atomic E-state index is 13.5. The summed E-state index contributed by atoms with van der Waals surface area (Å²) < 4.78 is 13.5. The third-order valence-corrected chi connectivity index (χ3v) is 2.20. The second kappa shape index (κ2) is 3.90. The molecule has 2 rings (SSSR count). The van der Waals surface area contributed by atoms with E-state index in [1.54, 1.807) is 18.3 Å². The van der Waals surface area contributed by atoms with Crippen molar-refractivity contribution in [2.24, 2.45) is 0 Å². The number of rotatable bonds is 2. The van der Waals surface area contributed by atoms with Gasteiger partial charge in [0, 0.05) is 11.9 Å². The normalized spacial score (nSPS) is 10.3. The van der Waals surface area contributed by atoms with Crippen LogP contribution in [0.15, 0.2) is 24.4 Å². The Morgan fingerprint density at radius 1 is 1.47 bits per heavy atom. The van der Waals surface area contributed by atoms with E-state index in [0.717, 1.165) is 5.69 Å². The number of nitrogens with zero attached hydrogens (tertiary/aromatic N) is 1. The average molecular weight is 226 g/mol.